The van der Waals surface area contributed by atoms with Gasteiger partial charge in [0.15, 0.2) is 6.61 Å². The zero-order chi connectivity index (χ0) is 20.7. The van der Waals surface area contributed by atoms with Gasteiger partial charge in [0.25, 0.3) is 5.91 Å². The molecule has 8 nitrogen and oxygen atoms in total. The number of carbonyl (C=O) groups is 2. The molecule has 2 rings (SSSR count). The second-order valence-electron chi connectivity index (χ2n) is 6.79. The molecule has 1 atom stereocenters. The Bertz CT molecular complexity index is 863. The normalized spacial score (nSPS) is 17.5. The first kappa shape index (κ1) is 21.9. The van der Waals surface area contributed by atoms with Gasteiger partial charge in [0.2, 0.25) is 10.0 Å². The molecule has 1 amide bonds. The maximum atomic E-state index is 12.9. The molecular weight excluding hydrogens is 382 g/mol. The molecule has 0 aliphatic carbocycles. The Morgan fingerprint density at radius 3 is 2.79 bits per heavy atom. The lowest BCUT2D eigenvalue weighted by atomic mass is 10.1. The molecule has 1 saturated heterocycles. The molecule has 1 aliphatic rings. The summed E-state index contributed by atoms with van der Waals surface area (Å²) in [5.74, 6) is -1.21. The number of hydrogen-bond acceptors (Lipinski definition) is 6. The van der Waals surface area contributed by atoms with E-state index in [-0.39, 0.29) is 29.5 Å². The largest absolute Gasteiger partial charge is 0.452 e. The summed E-state index contributed by atoms with van der Waals surface area (Å²) < 4.78 is 32.3. The van der Waals surface area contributed by atoms with Crippen molar-refractivity contribution < 1.29 is 22.7 Å². The van der Waals surface area contributed by atoms with E-state index in [4.69, 9.17) is 10.00 Å². The molecule has 0 saturated carbocycles. The zero-order valence-electron chi connectivity index (χ0n) is 16.1. The lowest BCUT2D eigenvalue weighted by molar-refractivity contribution is -0.133. The first-order chi connectivity index (χ1) is 13.3. The summed E-state index contributed by atoms with van der Waals surface area (Å²) in [5, 5.41) is 8.54. The molecule has 152 valence electrons. The smallest absolute Gasteiger partial charge is 0.338 e. The molecule has 0 unspecified atom stereocenters. The van der Waals surface area contributed by atoms with E-state index >= 15 is 0 Å². The van der Waals surface area contributed by atoms with E-state index in [0.717, 1.165) is 19.3 Å². The standard InChI is InChI=1S/C19H25N3O5S/c1-15-7-3-4-12-22(15)28(25,26)17-9-5-8-16(13-17)19(24)27-14-18(23)21(2)11-6-10-20/h5,8-9,13,15H,3-4,6-7,11-12,14H2,1-2H3/t15-/m1/s1. The predicted octanol–water partition coefficient (Wildman–Crippen LogP) is 1.78. The van der Waals surface area contributed by atoms with Gasteiger partial charge in [0.1, 0.15) is 0 Å². The van der Waals surface area contributed by atoms with E-state index in [9.17, 15) is 18.0 Å². The van der Waals surface area contributed by atoms with Crippen molar-refractivity contribution in [3.05, 3.63) is 29.8 Å². The fourth-order valence-corrected chi connectivity index (χ4v) is 4.76. The van der Waals surface area contributed by atoms with Crippen molar-refractivity contribution in [1.29, 1.82) is 5.26 Å². The van der Waals surface area contributed by atoms with Crippen molar-refractivity contribution in [1.82, 2.24) is 9.21 Å². The fourth-order valence-electron chi connectivity index (χ4n) is 3.01. The number of hydrogen-bond donors (Lipinski definition) is 0. The third kappa shape index (κ3) is 5.30. The van der Waals surface area contributed by atoms with Gasteiger partial charge < -0.3 is 9.64 Å². The van der Waals surface area contributed by atoms with E-state index in [1.165, 1.54) is 40.5 Å². The van der Waals surface area contributed by atoms with E-state index in [2.05, 4.69) is 0 Å². The summed E-state index contributed by atoms with van der Waals surface area (Å²) in [6, 6.07) is 7.51. The number of ether oxygens (including phenoxy) is 1. The summed E-state index contributed by atoms with van der Waals surface area (Å²) in [7, 11) is -2.19. The Morgan fingerprint density at radius 2 is 2.11 bits per heavy atom. The topological polar surface area (TPSA) is 108 Å². The van der Waals surface area contributed by atoms with Crippen LogP contribution in [0.15, 0.2) is 29.2 Å². The Kier molecular flexibility index (Phi) is 7.54. The molecule has 1 aliphatic heterocycles. The maximum absolute atomic E-state index is 12.9. The molecule has 1 aromatic carbocycles. The van der Waals surface area contributed by atoms with Crippen LogP contribution in [0, 0.1) is 11.3 Å². The molecule has 0 N–H and O–H groups in total. The highest BCUT2D eigenvalue weighted by Crippen LogP contribution is 2.25. The van der Waals surface area contributed by atoms with Crippen LogP contribution in [-0.4, -0.2) is 62.3 Å². The van der Waals surface area contributed by atoms with Gasteiger partial charge >= 0.3 is 5.97 Å². The van der Waals surface area contributed by atoms with Gasteiger partial charge in [0.05, 0.1) is 22.9 Å². The van der Waals surface area contributed by atoms with Crippen LogP contribution in [-0.2, 0) is 19.6 Å². The van der Waals surface area contributed by atoms with Gasteiger partial charge in [-0.1, -0.05) is 12.5 Å². The van der Waals surface area contributed by atoms with Crippen LogP contribution in [0.4, 0.5) is 0 Å². The van der Waals surface area contributed by atoms with Gasteiger partial charge in [-0.2, -0.15) is 9.57 Å². The average Bonchev–Trinajstić information content (AvgIpc) is 2.70. The van der Waals surface area contributed by atoms with Gasteiger partial charge in [0, 0.05) is 26.2 Å². The first-order valence-corrected chi connectivity index (χ1v) is 10.6. The molecule has 1 fully saturated rings. The number of amides is 1. The minimum Gasteiger partial charge on any atom is -0.452 e. The average molecular weight is 407 g/mol. The van der Waals surface area contributed by atoms with Crippen LogP contribution < -0.4 is 0 Å². The van der Waals surface area contributed by atoms with Crippen LogP contribution in [0.25, 0.3) is 0 Å². The molecule has 1 heterocycles. The third-order valence-corrected chi connectivity index (χ3v) is 6.74. The Morgan fingerprint density at radius 1 is 1.36 bits per heavy atom. The number of rotatable bonds is 7. The summed E-state index contributed by atoms with van der Waals surface area (Å²) in [6.45, 7) is 2.11. The summed E-state index contributed by atoms with van der Waals surface area (Å²) in [4.78, 5) is 25.5. The monoisotopic (exact) mass is 407 g/mol. The number of carbonyl (C=O) groups excluding carboxylic acids is 2. The number of likely N-dealkylation sites (N-methyl/N-ethyl adjacent to an activating group) is 1. The minimum absolute atomic E-state index is 0.0353. The molecule has 1 aromatic rings. The van der Waals surface area contributed by atoms with Crippen LogP contribution in [0.2, 0.25) is 0 Å². The van der Waals surface area contributed by atoms with Crippen molar-refractivity contribution in [2.45, 2.75) is 43.5 Å². The highest BCUT2D eigenvalue weighted by atomic mass is 32.2. The number of benzene rings is 1. The molecule has 28 heavy (non-hydrogen) atoms. The first-order valence-electron chi connectivity index (χ1n) is 9.17. The van der Waals surface area contributed by atoms with Crippen molar-refractivity contribution in [2.24, 2.45) is 0 Å². The highest BCUT2D eigenvalue weighted by molar-refractivity contribution is 7.89. The predicted molar refractivity (Wildman–Crippen MR) is 102 cm³/mol. The lowest BCUT2D eigenvalue weighted by Gasteiger charge is -2.32. The fraction of sp³-hybridized carbons (Fsp3) is 0.526. The van der Waals surface area contributed by atoms with Crippen molar-refractivity contribution in [3.8, 4) is 6.07 Å². The molecule has 0 aromatic heterocycles. The van der Waals surface area contributed by atoms with Crippen LogP contribution in [0.5, 0.6) is 0 Å². The zero-order valence-corrected chi connectivity index (χ0v) is 16.9. The SMILES string of the molecule is C[C@@H]1CCCCN1S(=O)(=O)c1cccc(C(=O)OCC(=O)N(C)CCC#N)c1. The summed E-state index contributed by atoms with van der Waals surface area (Å²) >= 11 is 0. The molecule has 9 heteroatoms. The number of nitrogens with zero attached hydrogens (tertiary/aromatic N) is 3. The highest BCUT2D eigenvalue weighted by Gasteiger charge is 2.31. The summed E-state index contributed by atoms with van der Waals surface area (Å²) in [6.07, 6.45) is 2.80. The molecule has 0 spiro atoms. The third-order valence-electron chi connectivity index (χ3n) is 4.73. The summed E-state index contributed by atoms with van der Waals surface area (Å²) in [5.41, 5.74) is 0.0678. The van der Waals surface area contributed by atoms with E-state index in [1.807, 2.05) is 13.0 Å². The van der Waals surface area contributed by atoms with E-state index < -0.39 is 28.5 Å². The molecule has 0 radical (unpaired) electrons. The Balaban J connectivity index is 2.07. The molecule has 0 bridgehead atoms. The van der Waals surface area contributed by atoms with Crippen LogP contribution in [0.1, 0.15) is 43.0 Å². The lowest BCUT2D eigenvalue weighted by Crippen LogP contribution is -2.41. The number of sulfonamides is 1. The maximum Gasteiger partial charge on any atom is 0.338 e. The minimum atomic E-state index is -3.70. The van der Waals surface area contributed by atoms with E-state index in [1.54, 1.807) is 0 Å². The Hall–Kier alpha value is -2.44. The molecular formula is C19H25N3O5S. The number of nitriles is 1. The Labute approximate surface area is 165 Å². The number of esters is 1. The quantitative estimate of drug-likeness (QED) is 0.638. The van der Waals surface area contributed by atoms with Crippen LogP contribution in [0.3, 0.4) is 0 Å². The van der Waals surface area contributed by atoms with Gasteiger partial charge in [-0.05, 0) is 38.0 Å². The number of piperidine rings is 1. The van der Waals surface area contributed by atoms with Crippen molar-refractivity contribution in [2.75, 3.05) is 26.7 Å². The second-order valence-corrected chi connectivity index (χ2v) is 8.68. The van der Waals surface area contributed by atoms with E-state index in [0.29, 0.717) is 6.54 Å². The van der Waals surface area contributed by atoms with Gasteiger partial charge in [-0.3, -0.25) is 4.79 Å². The van der Waals surface area contributed by atoms with Crippen LogP contribution >= 0.6 is 0 Å². The second kappa shape index (κ2) is 9.66. The van der Waals surface area contributed by atoms with Crippen molar-refractivity contribution >= 4 is 21.9 Å². The van der Waals surface area contributed by atoms with Gasteiger partial charge in [-0.15, -0.1) is 0 Å². The van der Waals surface area contributed by atoms with Gasteiger partial charge in [-0.25, -0.2) is 13.2 Å². The van der Waals surface area contributed by atoms with Crippen molar-refractivity contribution in [3.63, 3.8) is 0 Å².